The van der Waals surface area contributed by atoms with Gasteiger partial charge in [0.1, 0.15) is 17.5 Å². The first-order valence-electron chi connectivity index (χ1n) is 11.3. The lowest BCUT2D eigenvalue weighted by Gasteiger charge is -2.40. The molecule has 1 saturated heterocycles. The number of hydrogen-bond donors (Lipinski definition) is 2. The highest BCUT2D eigenvalue weighted by atomic mass is 32.2. The lowest BCUT2D eigenvalue weighted by atomic mass is 9.79. The summed E-state index contributed by atoms with van der Waals surface area (Å²) in [4.78, 5) is 13.9. The lowest BCUT2D eigenvalue weighted by Crippen LogP contribution is -2.58. The van der Waals surface area contributed by atoms with Gasteiger partial charge in [0.25, 0.3) is 22.0 Å². The second kappa shape index (κ2) is 9.20. The molecule has 1 aliphatic heterocycles. The number of aliphatic hydroxyl groups is 1. The minimum atomic E-state index is -4.31. The second-order valence-corrected chi connectivity index (χ2v) is 11.3. The lowest BCUT2D eigenvalue weighted by molar-refractivity contribution is -0.162. The van der Waals surface area contributed by atoms with Gasteiger partial charge in [-0.3, -0.25) is 4.79 Å². The van der Waals surface area contributed by atoms with Crippen molar-refractivity contribution in [1.82, 2.24) is 13.9 Å². The minimum Gasteiger partial charge on any atom is -0.380 e. The molecule has 11 heteroatoms. The van der Waals surface area contributed by atoms with E-state index in [1.165, 1.54) is 20.2 Å². The molecule has 7 nitrogen and oxygen atoms in total. The average Bonchev–Trinajstić information content (AvgIpc) is 3.03. The Balaban J connectivity index is 1.74. The van der Waals surface area contributed by atoms with Crippen molar-refractivity contribution in [2.45, 2.75) is 49.3 Å². The van der Waals surface area contributed by atoms with Crippen molar-refractivity contribution in [2.24, 2.45) is 0 Å². The number of benzene rings is 2. The number of hydrogen-bond acceptors (Lipinski definition) is 4. The molecule has 2 aromatic rings. The molecule has 0 spiro atoms. The summed E-state index contributed by atoms with van der Waals surface area (Å²) in [6, 6.07) is 9.82. The SMILES string of the molecule is CN(C)S(=O)(=O)N[C@@H]1[C@H](Cc2cccc(-c3ccccc3)c2F)N(C(=O)C2(O)CCC2)CC1(F)F. The van der Waals surface area contributed by atoms with Crippen LogP contribution < -0.4 is 4.72 Å². The van der Waals surface area contributed by atoms with E-state index in [-0.39, 0.29) is 30.4 Å². The third-order valence-electron chi connectivity index (χ3n) is 6.81. The van der Waals surface area contributed by atoms with Crippen molar-refractivity contribution in [3.05, 3.63) is 59.9 Å². The van der Waals surface area contributed by atoms with Crippen LogP contribution in [0.3, 0.4) is 0 Å². The van der Waals surface area contributed by atoms with E-state index in [9.17, 15) is 18.3 Å². The van der Waals surface area contributed by atoms with Crippen molar-refractivity contribution < 1.29 is 31.5 Å². The Morgan fingerprint density at radius 3 is 2.37 bits per heavy atom. The molecule has 4 rings (SSSR count). The standard InChI is InChI=1S/C24H28F3N3O4S/c1-29(2)35(33,34)28-21-19(30(15-24(21,26)27)22(31)23(32)12-7-13-23)14-17-10-6-11-18(20(17)25)16-8-4-3-5-9-16/h3-6,8-11,19,21,28,32H,7,12-15H2,1-2H3/t19-,21+/m0/s1. The topological polar surface area (TPSA) is 90.0 Å². The third kappa shape index (κ3) is 4.82. The maximum Gasteiger partial charge on any atom is 0.283 e. The zero-order chi connectivity index (χ0) is 25.6. The summed E-state index contributed by atoms with van der Waals surface area (Å²) in [5.41, 5.74) is -0.867. The Labute approximate surface area is 202 Å². The van der Waals surface area contributed by atoms with Gasteiger partial charge in [0, 0.05) is 19.7 Å². The van der Waals surface area contributed by atoms with Crippen LogP contribution in [0, 0.1) is 5.82 Å². The van der Waals surface area contributed by atoms with Gasteiger partial charge in [-0.15, -0.1) is 0 Å². The van der Waals surface area contributed by atoms with E-state index in [0.717, 1.165) is 9.21 Å². The Bertz CT molecular complexity index is 1200. The predicted octanol–water partition coefficient (Wildman–Crippen LogP) is 2.56. The van der Waals surface area contributed by atoms with Crippen molar-refractivity contribution in [1.29, 1.82) is 0 Å². The van der Waals surface area contributed by atoms with Crippen LogP contribution in [0.1, 0.15) is 24.8 Å². The summed E-state index contributed by atoms with van der Waals surface area (Å²) >= 11 is 0. The van der Waals surface area contributed by atoms with E-state index < -0.39 is 52.1 Å². The first-order chi connectivity index (χ1) is 16.4. The Kier molecular flexibility index (Phi) is 6.73. The number of nitrogens with one attached hydrogen (secondary N) is 1. The largest absolute Gasteiger partial charge is 0.380 e. The highest BCUT2D eigenvalue weighted by Gasteiger charge is 2.60. The molecule has 0 bridgehead atoms. The van der Waals surface area contributed by atoms with Crippen molar-refractivity contribution in [3.8, 4) is 11.1 Å². The van der Waals surface area contributed by atoms with E-state index in [0.29, 0.717) is 12.0 Å². The molecule has 2 fully saturated rings. The molecule has 2 atom stereocenters. The van der Waals surface area contributed by atoms with E-state index >= 15 is 13.2 Å². The average molecular weight is 512 g/mol. The summed E-state index contributed by atoms with van der Waals surface area (Å²) in [7, 11) is -1.93. The van der Waals surface area contributed by atoms with Crippen molar-refractivity contribution >= 4 is 16.1 Å². The molecule has 1 aliphatic carbocycles. The predicted molar refractivity (Wildman–Crippen MR) is 124 cm³/mol. The van der Waals surface area contributed by atoms with Gasteiger partial charge in [0.2, 0.25) is 0 Å². The highest BCUT2D eigenvalue weighted by Crippen LogP contribution is 2.41. The third-order valence-corrected chi connectivity index (χ3v) is 8.32. The normalized spacial score (nSPS) is 23.3. The number of carbonyl (C=O) groups is 1. The number of carbonyl (C=O) groups excluding carboxylic acids is 1. The Morgan fingerprint density at radius 2 is 1.80 bits per heavy atom. The van der Waals surface area contributed by atoms with E-state index in [4.69, 9.17) is 0 Å². The van der Waals surface area contributed by atoms with Crippen molar-refractivity contribution in [2.75, 3.05) is 20.6 Å². The number of nitrogens with zero attached hydrogens (tertiary/aromatic N) is 2. The van der Waals surface area contributed by atoms with Crippen LogP contribution >= 0.6 is 0 Å². The van der Waals surface area contributed by atoms with Gasteiger partial charge >= 0.3 is 0 Å². The molecule has 1 heterocycles. The molecule has 2 aromatic carbocycles. The van der Waals surface area contributed by atoms with Crippen LogP contribution in [0.25, 0.3) is 11.1 Å². The monoisotopic (exact) mass is 511 g/mol. The van der Waals surface area contributed by atoms with Crippen LogP contribution in [0.5, 0.6) is 0 Å². The summed E-state index contributed by atoms with van der Waals surface area (Å²) in [6.45, 7) is -1.08. The van der Waals surface area contributed by atoms with Gasteiger partial charge in [-0.25, -0.2) is 13.2 Å². The number of amides is 1. The molecule has 0 radical (unpaired) electrons. The number of alkyl halides is 2. The van der Waals surface area contributed by atoms with Gasteiger partial charge in [0.15, 0.2) is 0 Å². The number of halogens is 3. The summed E-state index contributed by atoms with van der Waals surface area (Å²) < 4.78 is 73.7. The van der Waals surface area contributed by atoms with Crippen LogP contribution in [-0.2, 0) is 21.4 Å². The molecule has 190 valence electrons. The summed E-state index contributed by atoms with van der Waals surface area (Å²) in [6.07, 6.45) is 0.464. The molecular weight excluding hydrogens is 483 g/mol. The van der Waals surface area contributed by atoms with Gasteiger partial charge < -0.3 is 10.0 Å². The van der Waals surface area contributed by atoms with Gasteiger partial charge in [0.05, 0.1) is 12.6 Å². The van der Waals surface area contributed by atoms with Crippen LogP contribution in [0.2, 0.25) is 0 Å². The smallest absolute Gasteiger partial charge is 0.283 e. The first kappa shape index (κ1) is 25.6. The molecule has 1 amide bonds. The maximum absolute atomic E-state index is 15.5. The van der Waals surface area contributed by atoms with E-state index in [2.05, 4.69) is 0 Å². The Hall–Kier alpha value is -2.47. The van der Waals surface area contributed by atoms with E-state index in [1.54, 1.807) is 42.5 Å². The second-order valence-electron chi connectivity index (χ2n) is 9.38. The number of likely N-dealkylation sites (tertiary alicyclic amines) is 1. The Morgan fingerprint density at radius 1 is 1.14 bits per heavy atom. The van der Waals surface area contributed by atoms with Crippen molar-refractivity contribution in [3.63, 3.8) is 0 Å². The fourth-order valence-corrected chi connectivity index (χ4v) is 5.44. The van der Waals surface area contributed by atoms with Crippen LogP contribution in [-0.4, -0.2) is 72.9 Å². The fraction of sp³-hybridized carbons (Fsp3) is 0.458. The van der Waals surface area contributed by atoms with Crippen LogP contribution in [0.15, 0.2) is 48.5 Å². The molecule has 1 saturated carbocycles. The minimum absolute atomic E-state index is 0.0569. The molecular formula is C24H28F3N3O4S. The fourth-order valence-electron chi connectivity index (χ4n) is 4.58. The summed E-state index contributed by atoms with van der Waals surface area (Å²) in [5, 5.41) is 10.6. The molecule has 0 aromatic heterocycles. The highest BCUT2D eigenvalue weighted by molar-refractivity contribution is 7.87. The molecule has 35 heavy (non-hydrogen) atoms. The summed E-state index contributed by atoms with van der Waals surface area (Å²) in [5.74, 6) is -5.17. The number of rotatable bonds is 7. The molecule has 2 N–H and O–H groups in total. The molecule has 2 aliphatic rings. The zero-order valence-electron chi connectivity index (χ0n) is 19.4. The van der Waals surface area contributed by atoms with Crippen LogP contribution in [0.4, 0.5) is 13.2 Å². The zero-order valence-corrected chi connectivity index (χ0v) is 20.2. The van der Waals surface area contributed by atoms with E-state index in [1.807, 2.05) is 4.72 Å². The first-order valence-corrected chi connectivity index (χ1v) is 12.7. The quantitative estimate of drug-likeness (QED) is 0.598. The van der Waals surface area contributed by atoms with Gasteiger partial charge in [-0.1, -0.05) is 48.5 Å². The maximum atomic E-state index is 15.5. The molecule has 0 unspecified atom stereocenters. The van der Waals surface area contributed by atoms with Gasteiger partial charge in [-0.05, 0) is 36.8 Å². The van der Waals surface area contributed by atoms with Gasteiger partial charge in [-0.2, -0.15) is 17.4 Å².